The number of halogens is 3. The Balaban J connectivity index is 2.08. The predicted molar refractivity (Wildman–Crippen MR) is 80.7 cm³/mol. The van der Waals surface area contributed by atoms with E-state index in [0.29, 0.717) is 17.5 Å². The fourth-order valence-electron chi connectivity index (χ4n) is 2.52. The monoisotopic (exact) mass is 301 g/mol. The Bertz CT molecular complexity index is 822. The van der Waals surface area contributed by atoms with Gasteiger partial charge in [0.2, 0.25) is 0 Å². The van der Waals surface area contributed by atoms with Crippen molar-refractivity contribution in [3.63, 3.8) is 0 Å². The highest BCUT2D eigenvalue weighted by Gasteiger charge is 2.33. The fourth-order valence-corrected chi connectivity index (χ4v) is 2.52. The molecule has 0 spiro atoms. The molecule has 0 aliphatic heterocycles. The fraction of sp³-hybridized carbons (Fsp3) is 0.167. The van der Waals surface area contributed by atoms with Gasteiger partial charge in [0.05, 0.1) is 11.1 Å². The van der Waals surface area contributed by atoms with Crippen molar-refractivity contribution in [1.82, 2.24) is 4.98 Å². The van der Waals surface area contributed by atoms with Crippen LogP contribution in [0.25, 0.3) is 10.9 Å². The molecule has 0 amide bonds. The highest BCUT2D eigenvalue weighted by atomic mass is 19.4. The number of hydrogen-bond acceptors (Lipinski definition) is 1. The minimum atomic E-state index is -4.40. The number of hydrogen-bond donors (Lipinski definition) is 0. The summed E-state index contributed by atoms with van der Waals surface area (Å²) in [5.74, 6) is 0. The molecule has 1 heterocycles. The van der Waals surface area contributed by atoms with E-state index in [0.717, 1.165) is 17.2 Å². The van der Waals surface area contributed by atoms with Crippen LogP contribution >= 0.6 is 0 Å². The van der Waals surface area contributed by atoms with Crippen LogP contribution in [0.15, 0.2) is 54.6 Å². The topological polar surface area (TPSA) is 12.9 Å². The number of para-hydroxylation sites is 1. The van der Waals surface area contributed by atoms with Crippen LogP contribution in [0, 0.1) is 6.92 Å². The number of fused-ring (bicyclic) bond motifs is 1. The van der Waals surface area contributed by atoms with E-state index in [1.54, 1.807) is 18.2 Å². The standard InChI is InChI=1S/C18H14F3N/c1-12-5-2-3-6-14(12)11-15-10-9-13-7-4-8-16(17(13)22-15)18(19,20)21/h2-10H,11H2,1H3. The SMILES string of the molecule is Cc1ccccc1Cc1ccc2cccc(C(F)(F)F)c2n1. The van der Waals surface area contributed by atoms with Gasteiger partial charge in [0, 0.05) is 17.5 Å². The number of pyridine rings is 1. The summed E-state index contributed by atoms with van der Waals surface area (Å²) in [7, 11) is 0. The molecule has 0 atom stereocenters. The third kappa shape index (κ3) is 2.82. The minimum Gasteiger partial charge on any atom is -0.252 e. The quantitative estimate of drug-likeness (QED) is 0.637. The lowest BCUT2D eigenvalue weighted by Crippen LogP contribution is -2.07. The number of aromatic nitrogens is 1. The smallest absolute Gasteiger partial charge is 0.252 e. The number of aryl methyl sites for hydroxylation is 1. The first-order valence-electron chi connectivity index (χ1n) is 6.95. The normalized spacial score (nSPS) is 11.8. The summed E-state index contributed by atoms with van der Waals surface area (Å²) in [6.45, 7) is 1.98. The molecule has 22 heavy (non-hydrogen) atoms. The maximum Gasteiger partial charge on any atom is 0.418 e. The zero-order chi connectivity index (χ0) is 15.7. The molecule has 3 rings (SSSR count). The van der Waals surface area contributed by atoms with Crippen molar-refractivity contribution >= 4 is 10.9 Å². The molecule has 2 aromatic carbocycles. The van der Waals surface area contributed by atoms with Crippen LogP contribution in [-0.2, 0) is 12.6 Å². The van der Waals surface area contributed by atoms with Gasteiger partial charge in [-0.3, -0.25) is 4.98 Å². The third-order valence-corrected chi connectivity index (χ3v) is 3.72. The second-order valence-electron chi connectivity index (χ2n) is 5.28. The lowest BCUT2D eigenvalue weighted by Gasteiger charge is -2.11. The first-order valence-corrected chi connectivity index (χ1v) is 6.95. The zero-order valence-corrected chi connectivity index (χ0v) is 12.0. The van der Waals surface area contributed by atoms with E-state index >= 15 is 0 Å². The highest BCUT2D eigenvalue weighted by Crippen LogP contribution is 2.34. The predicted octanol–water partition coefficient (Wildman–Crippen LogP) is 5.15. The van der Waals surface area contributed by atoms with Crippen molar-refractivity contribution in [2.75, 3.05) is 0 Å². The van der Waals surface area contributed by atoms with Crippen LogP contribution in [0.1, 0.15) is 22.4 Å². The molecule has 4 heteroatoms. The molecule has 0 bridgehead atoms. The van der Waals surface area contributed by atoms with Crippen molar-refractivity contribution < 1.29 is 13.2 Å². The van der Waals surface area contributed by atoms with Gasteiger partial charge < -0.3 is 0 Å². The first kappa shape index (κ1) is 14.6. The van der Waals surface area contributed by atoms with Gasteiger partial charge in [0.25, 0.3) is 0 Å². The average Bonchev–Trinajstić information content (AvgIpc) is 2.48. The Morgan fingerprint density at radius 1 is 0.909 bits per heavy atom. The van der Waals surface area contributed by atoms with Gasteiger partial charge in [-0.25, -0.2) is 0 Å². The van der Waals surface area contributed by atoms with Gasteiger partial charge >= 0.3 is 6.18 Å². The van der Waals surface area contributed by atoms with Crippen molar-refractivity contribution in [3.05, 3.63) is 77.0 Å². The van der Waals surface area contributed by atoms with Gasteiger partial charge in [0.1, 0.15) is 0 Å². The molecule has 1 nitrogen and oxygen atoms in total. The Hall–Kier alpha value is -2.36. The summed E-state index contributed by atoms with van der Waals surface area (Å²) in [5, 5.41) is 0.503. The molecule has 0 N–H and O–H groups in total. The van der Waals surface area contributed by atoms with E-state index in [-0.39, 0.29) is 5.52 Å². The summed E-state index contributed by atoms with van der Waals surface area (Å²) in [6, 6.07) is 15.4. The Labute approximate surface area is 126 Å². The molecule has 0 saturated carbocycles. The minimum absolute atomic E-state index is 0.0149. The molecule has 0 fully saturated rings. The molecule has 0 unspecified atom stereocenters. The van der Waals surface area contributed by atoms with Gasteiger partial charge in [0.15, 0.2) is 0 Å². The van der Waals surface area contributed by atoms with Crippen molar-refractivity contribution in [2.45, 2.75) is 19.5 Å². The summed E-state index contributed by atoms with van der Waals surface area (Å²) >= 11 is 0. The average molecular weight is 301 g/mol. The van der Waals surface area contributed by atoms with E-state index in [2.05, 4.69) is 4.98 Å². The van der Waals surface area contributed by atoms with Crippen molar-refractivity contribution in [3.8, 4) is 0 Å². The molecule has 0 aliphatic carbocycles. The highest BCUT2D eigenvalue weighted by molar-refractivity contribution is 5.82. The molecular formula is C18H14F3N. The molecule has 0 radical (unpaired) electrons. The van der Waals surface area contributed by atoms with Crippen LogP contribution in [0.5, 0.6) is 0 Å². The molecule has 112 valence electrons. The second kappa shape index (κ2) is 5.44. The van der Waals surface area contributed by atoms with Crippen LogP contribution in [-0.4, -0.2) is 4.98 Å². The molecule has 1 aromatic heterocycles. The largest absolute Gasteiger partial charge is 0.418 e. The Morgan fingerprint density at radius 3 is 2.41 bits per heavy atom. The lowest BCUT2D eigenvalue weighted by molar-refractivity contribution is -0.136. The molecule has 0 saturated heterocycles. The number of rotatable bonds is 2. The van der Waals surface area contributed by atoms with Crippen LogP contribution in [0.3, 0.4) is 0 Å². The lowest BCUT2D eigenvalue weighted by atomic mass is 10.0. The van der Waals surface area contributed by atoms with Gasteiger partial charge in [-0.1, -0.05) is 42.5 Å². The second-order valence-corrected chi connectivity index (χ2v) is 5.28. The van der Waals surface area contributed by atoms with Gasteiger partial charge in [-0.05, 0) is 30.2 Å². The van der Waals surface area contributed by atoms with E-state index in [9.17, 15) is 13.2 Å². The molecular weight excluding hydrogens is 287 g/mol. The van der Waals surface area contributed by atoms with E-state index in [1.165, 1.54) is 6.07 Å². The summed E-state index contributed by atoms with van der Waals surface area (Å²) in [4.78, 5) is 4.26. The van der Waals surface area contributed by atoms with Crippen molar-refractivity contribution in [2.24, 2.45) is 0 Å². The van der Waals surface area contributed by atoms with E-state index in [1.807, 2.05) is 31.2 Å². The van der Waals surface area contributed by atoms with Crippen LogP contribution < -0.4 is 0 Å². The summed E-state index contributed by atoms with van der Waals surface area (Å²) in [5.41, 5.74) is 2.14. The maximum absolute atomic E-state index is 13.1. The summed E-state index contributed by atoms with van der Waals surface area (Å²) < 4.78 is 39.3. The van der Waals surface area contributed by atoms with Gasteiger partial charge in [-0.15, -0.1) is 0 Å². The summed E-state index contributed by atoms with van der Waals surface area (Å²) in [6.07, 6.45) is -3.87. The number of alkyl halides is 3. The van der Waals surface area contributed by atoms with E-state index in [4.69, 9.17) is 0 Å². The molecule has 3 aromatic rings. The first-order chi connectivity index (χ1) is 10.4. The van der Waals surface area contributed by atoms with Crippen LogP contribution in [0.4, 0.5) is 13.2 Å². The Kier molecular flexibility index (Phi) is 3.61. The Morgan fingerprint density at radius 2 is 1.68 bits per heavy atom. The zero-order valence-electron chi connectivity index (χ0n) is 12.0. The third-order valence-electron chi connectivity index (χ3n) is 3.72. The maximum atomic E-state index is 13.1. The van der Waals surface area contributed by atoms with Gasteiger partial charge in [-0.2, -0.15) is 13.2 Å². The number of benzene rings is 2. The van der Waals surface area contributed by atoms with E-state index < -0.39 is 11.7 Å². The van der Waals surface area contributed by atoms with Crippen LogP contribution in [0.2, 0.25) is 0 Å². The molecule has 0 aliphatic rings. The number of nitrogens with zero attached hydrogens (tertiary/aromatic N) is 1. The van der Waals surface area contributed by atoms with Crippen molar-refractivity contribution in [1.29, 1.82) is 0 Å².